The van der Waals surface area contributed by atoms with E-state index in [1.807, 2.05) is 0 Å². The number of hydrogen-bond donors (Lipinski definition) is 1. The standard InChI is InChI=1S/C22H17NO6/c1-11-8-9-14-16(19(25)13-7-5-4-6-12(13)18(14)24)17(11)23-10-15-20(26)28-22(2,3)29-21(15)27/h4-10,23H,1-3H3. The summed E-state index contributed by atoms with van der Waals surface area (Å²) < 4.78 is 10.1. The lowest BCUT2D eigenvalue weighted by molar-refractivity contribution is -0.222. The second-order valence-electron chi connectivity index (χ2n) is 7.27. The lowest BCUT2D eigenvalue weighted by Crippen LogP contribution is -2.42. The maximum Gasteiger partial charge on any atom is 0.350 e. The first-order valence-electron chi connectivity index (χ1n) is 8.95. The van der Waals surface area contributed by atoms with Crippen LogP contribution in [0.25, 0.3) is 0 Å². The van der Waals surface area contributed by atoms with Gasteiger partial charge in [-0.2, -0.15) is 0 Å². The molecule has 1 N–H and O–H groups in total. The first kappa shape index (κ1) is 18.6. The van der Waals surface area contributed by atoms with E-state index in [1.54, 1.807) is 43.3 Å². The summed E-state index contributed by atoms with van der Waals surface area (Å²) in [6.45, 7) is 4.65. The van der Waals surface area contributed by atoms with Gasteiger partial charge in [0.05, 0.1) is 11.3 Å². The second kappa shape index (κ2) is 6.41. The van der Waals surface area contributed by atoms with Crippen molar-refractivity contribution in [1.29, 1.82) is 0 Å². The topological polar surface area (TPSA) is 98.8 Å². The van der Waals surface area contributed by atoms with Crippen molar-refractivity contribution in [1.82, 2.24) is 0 Å². The van der Waals surface area contributed by atoms with E-state index in [4.69, 9.17) is 9.47 Å². The highest BCUT2D eigenvalue weighted by molar-refractivity contribution is 6.30. The molecule has 0 unspecified atom stereocenters. The predicted molar refractivity (Wildman–Crippen MR) is 102 cm³/mol. The van der Waals surface area contributed by atoms with Gasteiger partial charge in [-0.25, -0.2) is 9.59 Å². The quantitative estimate of drug-likeness (QED) is 0.407. The summed E-state index contributed by atoms with van der Waals surface area (Å²) >= 11 is 0. The molecule has 0 spiro atoms. The minimum Gasteiger partial charge on any atom is -0.419 e. The van der Waals surface area contributed by atoms with Gasteiger partial charge in [0, 0.05) is 36.7 Å². The summed E-state index contributed by atoms with van der Waals surface area (Å²) in [6.07, 6.45) is 1.14. The van der Waals surface area contributed by atoms with Crippen molar-refractivity contribution in [3.05, 3.63) is 76.0 Å². The molecule has 1 saturated heterocycles. The zero-order valence-electron chi connectivity index (χ0n) is 16.0. The Morgan fingerprint density at radius 2 is 1.41 bits per heavy atom. The number of rotatable bonds is 2. The minimum absolute atomic E-state index is 0.198. The van der Waals surface area contributed by atoms with Crippen molar-refractivity contribution >= 4 is 29.2 Å². The molecule has 0 radical (unpaired) electrons. The Morgan fingerprint density at radius 3 is 2.03 bits per heavy atom. The van der Waals surface area contributed by atoms with Crippen molar-refractivity contribution in [3.8, 4) is 0 Å². The number of esters is 2. The van der Waals surface area contributed by atoms with Gasteiger partial charge in [0.25, 0.3) is 5.79 Å². The third-order valence-corrected chi connectivity index (χ3v) is 4.78. The highest BCUT2D eigenvalue weighted by Crippen LogP contribution is 2.34. The van der Waals surface area contributed by atoms with E-state index in [0.29, 0.717) is 22.4 Å². The number of anilines is 1. The Bertz CT molecular complexity index is 1120. The molecular weight excluding hydrogens is 374 g/mol. The van der Waals surface area contributed by atoms with E-state index >= 15 is 0 Å². The number of benzene rings is 2. The van der Waals surface area contributed by atoms with Gasteiger partial charge in [-0.15, -0.1) is 0 Å². The fraction of sp³-hybridized carbons (Fsp3) is 0.182. The summed E-state index contributed by atoms with van der Waals surface area (Å²) in [7, 11) is 0. The second-order valence-corrected chi connectivity index (χ2v) is 7.27. The molecule has 1 fully saturated rings. The maximum absolute atomic E-state index is 13.1. The maximum atomic E-state index is 13.1. The van der Waals surface area contributed by atoms with Crippen LogP contribution in [-0.4, -0.2) is 29.3 Å². The average molecular weight is 391 g/mol. The van der Waals surface area contributed by atoms with Crippen LogP contribution in [0.1, 0.15) is 51.3 Å². The van der Waals surface area contributed by atoms with Gasteiger partial charge in [0.2, 0.25) is 0 Å². The van der Waals surface area contributed by atoms with Crippen molar-refractivity contribution in [2.75, 3.05) is 5.32 Å². The first-order chi connectivity index (χ1) is 13.7. The van der Waals surface area contributed by atoms with E-state index in [-0.39, 0.29) is 28.3 Å². The Kier molecular flexibility index (Phi) is 4.11. The van der Waals surface area contributed by atoms with E-state index in [1.165, 1.54) is 13.8 Å². The molecule has 7 heteroatoms. The van der Waals surface area contributed by atoms with E-state index in [9.17, 15) is 19.2 Å². The average Bonchev–Trinajstić information content (AvgIpc) is 2.65. The molecule has 4 rings (SSSR count). The zero-order valence-corrected chi connectivity index (χ0v) is 16.0. The Balaban J connectivity index is 1.77. The van der Waals surface area contributed by atoms with Gasteiger partial charge >= 0.3 is 11.9 Å². The van der Waals surface area contributed by atoms with Crippen LogP contribution in [0.15, 0.2) is 48.2 Å². The Labute approximate surface area is 166 Å². The fourth-order valence-corrected chi connectivity index (χ4v) is 3.40. The molecule has 0 aromatic heterocycles. The number of hydrogen-bond acceptors (Lipinski definition) is 7. The number of ketones is 2. The van der Waals surface area contributed by atoms with Crippen molar-refractivity contribution in [2.45, 2.75) is 26.6 Å². The van der Waals surface area contributed by atoms with Crippen LogP contribution in [0.2, 0.25) is 0 Å². The third-order valence-electron chi connectivity index (χ3n) is 4.78. The normalized spacial score (nSPS) is 17.1. The van der Waals surface area contributed by atoms with Crippen LogP contribution >= 0.6 is 0 Å². The monoisotopic (exact) mass is 391 g/mol. The number of carbonyl (C=O) groups is 4. The number of carbonyl (C=O) groups excluding carboxylic acids is 4. The summed E-state index contributed by atoms with van der Waals surface area (Å²) in [5, 5.41) is 2.84. The third kappa shape index (κ3) is 3.00. The molecule has 2 aromatic carbocycles. The van der Waals surface area contributed by atoms with E-state index in [2.05, 4.69) is 5.32 Å². The number of fused-ring (bicyclic) bond motifs is 2. The zero-order chi connectivity index (χ0) is 20.9. The SMILES string of the molecule is Cc1ccc2c(c1NC=C1C(=O)OC(C)(C)OC1=O)C(=O)c1ccccc1C2=O. The molecule has 0 atom stereocenters. The van der Waals surface area contributed by atoms with Crippen LogP contribution in [0.5, 0.6) is 0 Å². The molecule has 2 aromatic rings. The van der Waals surface area contributed by atoms with Crippen LogP contribution < -0.4 is 5.32 Å². The fourth-order valence-electron chi connectivity index (χ4n) is 3.40. The highest BCUT2D eigenvalue weighted by Gasteiger charge is 2.39. The molecule has 1 heterocycles. The number of aryl methyl sites for hydroxylation is 1. The van der Waals surface area contributed by atoms with Crippen molar-refractivity contribution in [3.63, 3.8) is 0 Å². The van der Waals surface area contributed by atoms with Crippen LogP contribution in [0.4, 0.5) is 5.69 Å². The molecule has 0 saturated carbocycles. The predicted octanol–water partition coefficient (Wildman–Crippen LogP) is 2.90. The van der Waals surface area contributed by atoms with Gasteiger partial charge in [0.1, 0.15) is 0 Å². The summed E-state index contributed by atoms with van der Waals surface area (Å²) in [6, 6.07) is 9.90. The van der Waals surface area contributed by atoms with Gasteiger partial charge in [-0.1, -0.05) is 30.3 Å². The lowest BCUT2D eigenvalue weighted by atomic mass is 9.82. The van der Waals surface area contributed by atoms with Gasteiger partial charge < -0.3 is 14.8 Å². The minimum atomic E-state index is -1.35. The molecule has 1 aliphatic heterocycles. The molecule has 0 bridgehead atoms. The molecular formula is C22H17NO6. The molecule has 29 heavy (non-hydrogen) atoms. The molecule has 0 amide bonds. The van der Waals surface area contributed by atoms with Gasteiger partial charge in [-0.05, 0) is 18.6 Å². The van der Waals surface area contributed by atoms with Crippen molar-refractivity contribution < 1.29 is 28.7 Å². The summed E-state index contributed by atoms with van der Waals surface area (Å²) in [4.78, 5) is 50.2. The van der Waals surface area contributed by atoms with E-state index in [0.717, 1.165) is 6.20 Å². The molecule has 7 nitrogen and oxygen atoms in total. The lowest BCUT2D eigenvalue weighted by Gasteiger charge is -2.29. The van der Waals surface area contributed by atoms with Crippen LogP contribution in [0.3, 0.4) is 0 Å². The van der Waals surface area contributed by atoms with Crippen molar-refractivity contribution in [2.24, 2.45) is 0 Å². The number of ether oxygens (including phenoxy) is 2. The highest BCUT2D eigenvalue weighted by atomic mass is 16.7. The van der Waals surface area contributed by atoms with Crippen LogP contribution in [-0.2, 0) is 19.1 Å². The van der Waals surface area contributed by atoms with Gasteiger partial charge in [0.15, 0.2) is 17.1 Å². The van der Waals surface area contributed by atoms with Crippen LogP contribution in [0, 0.1) is 6.92 Å². The number of nitrogens with one attached hydrogen (secondary N) is 1. The smallest absolute Gasteiger partial charge is 0.350 e. The largest absolute Gasteiger partial charge is 0.419 e. The van der Waals surface area contributed by atoms with Gasteiger partial charge in [-0.3, -0.25) is 9.59 Å². The van der Waals surface area contributed by atoms with E-state index < -0.39 is 17.7 Å². The first-order valence-corrected chi connectivity index (χ1v) is 8.95. The molecule has 1 aliphatic carbocycles. The summed E-state index contributed by atoms with van der Waals surface area (Å²) in [5.41, 5.74) is 1.78. The number of cyclic esters (lactones) is 2. The molecule has 146 valence electrons. The Morgan fingerprint density at radius 1 is 0.828 bits per heavy atom. The summed E-state index contributed by atoms with van der Waals surface area (Å²) in [5.74, 6) is -3.60. The Hall–Kier alpha value is -3.74. The molecule has 2 aliphatic rings.